The molecular formula is C16H15FN2O. The molecule has 0 radical (unpaired) electrons. The summed E-state index contributed by atoms with van der Waals surface area (Å²) in [6.45, 7) is 2.03. The summed E-state index contributed by atoms with van der Waals surface area (Å²) in [6.07, 6.45) is 0. The Morgan fingerprint density at radius 2 is 1.95 bits per heavy atom. The molecular weight excluding hydrogens is 255 g/mol. The fraction of sp³-hybridized carbons (Fsp3) is 0.188. The molecule has 0 fully saturated rings. The van der Waals surface area contributed by atoms with Crippen LogP contribution in [-0.4, -0.2) is 16.7 Å². The molecule has 3 aromatic rings. The van der Waals surface area contributed by atoms with Crippen molar-refractivity contribution >= 4 is 11.0 Å². The van der Waals surface area contributed by atoms with Gasteiger partial charge in [0, 0.05) is 18.7 Å². The highest BCUT2D eigenvalue weighted by atomic mass is 19.1. The second kappa shape index (κ2) is 4.63. The summed E-state index contributed by atoms with van der Waals surface area (Å²) in [4.78, 5) is 4.60. The Morgan fingerprint density at radius 3 is 2.70 bits per heavy atom. The van der Waals surface area contributed by atoms with E-state index in [1.54, 1.807) is 6.07 Å². The van der Waals surface area contributed by atoms with Crippen LogP contribution in [0.25, 0.3) is 22.4 Å². The van der Waals surface area contributed by atoms with Gasteiger partial charge in [-0.05, 0) is 36.8 Å². The third-order valence-corrected chi connectivity index (χ3v) is 3.40. The SMILES string of the molecule is COc1cc(F)cc(-c2nc3cc(C)ccc3n2C)c1. The van der Waals surface area contributed by atoms with Gasteiger partial charge in [0.2, 0.25) is 0 Å². The van der Waals surface area contributed by atoms with Crippen molar-refractivity contribution in [1.82, 2.24) is 9.55 Å². The molecule has 0 saturated heterocycles. The number of hydrogen-bond acceptors (Lipinski definition) is 2. The van der Waals surface area contributed by atoms with E-state index in [4.69, 9.17) is 4.74 Å². The Hall–Kier alpha value is -2.36. The standard InChI is InChI=1S/C16H15FN2O/c1-10-4-5-15-14(6-10)18-16(19(15)2)11-7-12(17)9-13(8-11)20-3/h4-9H,1-3H3. The number of aromatic nitrogens is 2. The van der Waals surface area contributed by atoms with Crippen molar-refractivity contribution in [3.8, 4) is 17.1 Å². The lowest BCUT2D eigenvalue weighted by Crippen LogP contribution is -1.94. The predicted molar refractivity (Wildman–Crippen MR) is 77.4 cm³/mol. The van der Waals surface area contributed by atoms with Crippen molar-refractivity contribution in [2.75, 3.05) is 7.11 Å². The molecule has 0 aliphatic rings. The molecule has 20 heavy (non-hydrogen) atoms. The third kappa shape index (κ3) is 2.03. The average Bonchev–Trinajstić information content (AvgIpc) is 2.74. The number of methoxy groups -OCH3 is 1. The first-order chi connectivity index (χ1) is 9.58. The summed E-state index contributed by atoms with van der Waals surface area (Å²) < 4.78 is 20.7. The lowest BCUT2D eigenvalue weighted by atomic mass is 10.2. The zero-order chi connectivity index (χ0) is 14.3. The maximum absolute atomic E-state index is 13.6. The van der Waals surface area contributed by atoms with Crippen LogP contribution in [0.15, 0.2) is 36.4 Å². The monoisotopic (exact) mass is 270 g/mol. The first kappa shape index (κ1) is 12.7. The van der Waals surface area contributed by atoms with Crippen LogP contribution >= 0.6 is 0 Å². The summed E-state index contributed by atoms with van der Waals surface area (Å²) in [6, 6.07) is 10.7. The average molecular weight is 270 g/mol. The molecule has 0 saturated carbocycles. The van der Waals surface area contributed by atoms with Crippen LogP contribution in [0.1, 0.15) is 5.56 Å². The molecule has 2 aromatic carbocycles. The van der Waals surface area contributed by atoms with Gasteiger partial charge in [0.25, 0.3) is 0 Å². The second-order valence-electron chi connectivity index (χ2n) is 4.87. The fourth-order valence-corrected chi connectivity index (χ4v) is 2.38. The van der Waals surface area contributed by atoms with Gasteiger partial charge in [0.1, 0.15) is 17.4 Å². The van der Waals surface area contributed by atoms with Crippen LogP contribution in [0.3, 0.4) is 0 Å². The van der Waals surface area contributed by atoms with Crippen molar-refractivity contribution in [3.05, 3.63) is 47.8 Å². The molecule has 102 valence electrons. The van der Waals surface area contributed by atoms with E-state index >= 15 is 0 Å². The lowest BCUT2D eigenvalue weighted by molar-refractivity contribution is 0.411. The number of halogens is 1. The smallest absolute Gasteiger partial charge is 0.141 e. The summed E-state index contributed by atoms with van der Waals surface area (Å²) in [5.74, 6) is 0.884. The van der Waals surface area contributed by atoms with Crippen molar-refractivity contribution in [3.63, 3.8) is 0 Å². The summed E-state index contributed by atoms with van der Waals surface area (Å²) in [7, 11) is 3.45. The normalized spacial score (nSPS) is 11.0. The predicted octanol–water partition coefficient (Wildman–Crippen LogP) is 3.70. The van der Waals surface area contributed by atoms with Crippen molar-refractivity contribution in [1.29, 1.82) is 0 Å². The lowest BCUT2D eigenvalue weighted by Gasteiger charge is -2.05. The van der Waals surface area contributed by atoms with E-state index in [2.05, 4.69) is 4.98 Å². The number of ether oxygens (including phenoxy) is 1. The molecule has 0 unspecified atom stereocenters. The zero-order valence-corrected chi connectivity index (χ0v) is 11.6. The maximum atomic E-state index is 13.6. The van der Waals surface area contributed by atoms with Crippen molar-refractivity contribution in [2.24, 2.45) is 7.05 Å². The summed E-state index contributed by atoms with van der Waals surface area (Å²) in [5.41, 5.74) is 3.79. The van der Waals surface area contributed by atoms with Gasteiger partial charge in [-0.15, -0.1) is 0 Å². The quantitative estimate of drug-likeness (QED) is 0.710. The molecule has 1 aromatic heterocycles. The molecule has 4 heteroatoms. The first-order valence-corrected chi connectivity index (χ1v) is 6.36. The van der Waals surface area contributed by atoms with Crippen LogP contribution in [0.4, 0.5) is 4.39 Å². The molecule has 1 heterocycles. The summed E-state index contributed by atoms with van der Waals surface area (Å²) >= 11 is 0. The van der Waals surface area contributed by atoms with Gasteiger partial charge < -0.3 is 9.30 Å². The number of imidazole rings is 1. The van der Waals surface area contributed by atoms with Gasteiger partial charge in [0.05, 0.1) is 18.1 Å². The number of nitrogens with zero attached hydrogens (tertiary/aromatic N) is 2. The second-order valence-corrected chi connectivity index (χ2v) is 4.87. The number of rotatable bonds is 2. The van der Waals surface area contributed by atoms with Gasteiger partial charge in [0.15, 0.2) is 0 Å². The Labute approximate surface area is 116 Å². The Bertz CT molecular complexity index is 793. The van der Waals surface area contributed by atoms with E-state index in [0.717, 1.165) is 22.4 Å². The molecule has 0 bridgehead atoms. The van der Waals surface area contributed by atoms with Gasteiger partial charge in [-0.1, -0.05) is 6.07 Å². The number of fused-ring (bicyclic) bond motifs is 1. The zero-order valence-electron chi connectivity index (χ0n) is 11.6. The highest BCUT2D eigenvalue weighted by molar-refractivity contribution is 5.81. The minimum Gasteiger partial charge on any atom is -0.497 e. The minimum absolute atomic E-state index is 0.331. The molecule has 0 spiro atoms. The van der Waals surface area contributed by atoms with Crippen LogP contribution < -0.4 is 4.74 Å². The van der Waals surface area contributed by atoms with E-state index in [-0.39, 0.29) is 5.82 Å². The van der Waals surface area contributed by atoms with Crippen LogP contribution in [0.2, 0.25) is 0 Å². The molecule has 0 N–H and O–H groups in total. The van der Waals surface area contributed by atoms with E-state index < -0.39 is 0 Å². The minimum atomic E-state index is -0.331. The van der Waals surface area contributed by atoms with Gasteiger partial charge >= 0.3 is 0 Å². The van der Waals surface area contributed by atoms with E-state index in [1.165, 1.54) is 19.2 Å². The molecule has 0 amide bonds. The highest BCUT2D eigenvalue weighted by Gasteiger charge is 2.12. The van der Waals surface area contributed by atoms with Crippen LogP contribution in [0, 0.1) is 12.7 Å². The summed E-state index contributed by atoms with van der Waals surface area (Å²) in [5, 5.41) is 0. The van der Waals surface area contributed by atoms with E-state index in [0.29, 0.717) is 11.3 Å². The van der Waals surface area contributed by atoms with Crippen molar-refractivity contribution < 1.29 is 9.13 Å². The molecule has 3 rings (SSSR count). The van der Waals surface area contributed by atoms with Crippen molar-refractivity contribution in [2.45, 2.75) is 6.92 Å². The highest BCUT2D eigenvalue weighted by Crippen LogP contribution is 2.28. The Kier molecular flexibility index (Phi) is 2.93. The molecule has 0 aliphatic heterocycles. The molecule has 3 nitrogen and oxygen atoms in total. The first-order valence-electron chi connectivity index (χ1n) is 6.36. The van der Waals surface area contributed by atoms with E-state index in [1.807, 2.05) is 36.7 Å². The van der Waals surface area contributed by atoms with Crippen LogP contribution in [-0.2, 0) is 7.05 Å². The van der Waals surface area contributed by atoms with E-state index in [9.17, 15) is 4.39 Å². The molecule has 0 atom stereocenters. The Morgan fingerprint density at radius 1 is 1.15 bits per heavy atom. The molecule has 0 aliphatic carbocycles. The topological polar surface area (TPSA) is 27.1 Å². The van der Waals surface area contributed by atoms with Gasteiger partial charge in [-0.25, -0.2) is 9.37 Å². The number of aryl methyl sites for hydroxylation is 2. The number of benzene rings is 2. The van der Waals surface area contributed by atoms with Gasteiger partial charge in [-0.3, -0.25) is 0 Å². The third-order valence-electron chi connectivity index (χ3n) is 3.40. The number of hydrogen-bond donors (Lipinski definition) is 0. The fourth-order valence-electron chi connectivity index (χ4n) is 2.38. The Balaban J connectivity index is 2.24. The van der Waals surface area contributed by atoms with Gasteiger partial charge in [-0.2, -0.15) is 0 Å². The van der Waals surface area contributed by atoms with Crippen LogP contribution in [0.5, 0.6) is 5.75 Å². The largest absolute Gasteiger partial charge is 0.497 e. The maximum Gasteiger partial charge on any atom is 0.141 e.